The fraction of sp³-hybridized carbons (Fsp3) is 0.655. The van der Waals surface area contributed by atoms with E-state index in [-0.39, 0.29) is 0 Å². The number of aliphatic hydroxyl groups is 2. The minimum absolute atomic E-state index is 0.726. The summed E-state index contributed by atoms with van der Waals surface area (Å²) in [4.78, 5) is 0. The fourth-order valence-corrected chi connectivity index (χ4v) is 5.36. The van der Waals surface area contributed by atoms with E-state index in [0.717, 1.165) is 105 Å². The second-order valence-electron chi connectivity index (χ2n) is 9.46. The molecule has 1 aromatic carbocycles. The highest BCUT2D eigenvalue weighted by molar-refractivity contribution is 5.82. The van der Waals surface area contributed by atoms with Gasteiger partial charge in [0.2, 0.25) is 0 Å². The summed E-state index contributed by atoms with van der Waals surface area (Å²) in [7, 11) is 0. The number of hydrogen-bond donors (Lipinski definition) is 2. The van der Waals surface area contributed by atoms with Gasteiger partial charge in [-0.25, -0.2) is 0 Å². The third-order valence-corrected chi connectivity index (χ3v) is 7.18. The molecule has 0 saturated carbocycles. The van der Waals surface area contributed by atoms with E-state index >= 15 is 0 Å². The van der Waals surface area contributed by atoms with Gasteiger partial charge in [-0.05, 0) is 73.3 Å². The average Bonchev–Trinajstić information content (AvgIpc) is 2.78. The van der Waals surface area contributed by atoms with E-state index in [2.05, 4.69) is 46.8 Å². The van der Waals surface area contributed by atoms with Gasteiger partial charge in [-0.2, -0.15) is 0 Å². The van der Waals surface area contributed by atoms with Gasteiger partial charge in [0.1, 0.15) is 11.2 Å². The lowest BCUT2D eigenvalue weighted by atomic mass is 9.62. The van der Waals surface area contributed by atoms with Gasteiger partial charge >= 0.3 is 0 Å². The molecular weight excluding hydrogens is 380 g/mol. The summed E-state index contributed by atoms with van der Waals surface area (Å²) in [6.45, 7) is 10.9. The molecule has 2 N–H and O–H groups in total. The average molecular weight is 427 g/mol. The molecule has 0 saturated heterocycles. The van der Waals surface area contributed by atoms with E-state index < -0.39 is 11.2 Å². The molecule has 2 atom stereocenters. The number of rotatable bonds is 13. The Morgan fingerprint density at radius 3 is 1.58 bits per heavy atom. The van der Waals surface area contributed by atoms with Crippen LogP contribution in [0, 0.1) is 0 Å². The Kier molecular flexibility index (Phi) is 10.0. The van der Waals surface area contributed by atoms with Crippen LogP contribution in [0.3, 0.4) is 0 Å². The summed E-state index contributed by atoms with van der Waals surface area (Å²) in [5, 5.41) is 24.8. The lowest BCUT2D eigenvalue weighted by molar-refractivity contribution is 0.0674. The maximum atomic E-state index is 12.5. The highest BCUT2D eigenvalue weighted by atomic mass is 16.3. The summed E-state index contributed by atoms with van der Waals surface area (Å²) in [6.07, 6.45) is 11.6. The van der Waals surface area contributed by atoms with E-state index in [0.29, 0.717) is 0 Å². The molecule has 2 unspecified atom stereocenters. The van der Waals surface area contributed by atoms with Gasteiger partial charge in [-0.15, -0.1) is 0 Å². The van der Waals surface area contributed by atoms with Crippen LogP contribution in [0.4, 0.5) is 0 Å². The summed E-state index contributed by atoms with van der Waals surface area (Å²) in [6, 6.07) is 10.3. The molecule has 0 aromatic heterocycles. The molecule has 174 valence electrons. The zero-order valence-corrected chi connectivity index (χ0v) is 20.8. The molecule has 1 aliphatic rings. The van der Waals surface area contributed by atoms with Crippen molar-refractivity contribution in [2.24, 2.45) is 0 Å². The molecule has 0 bridgehead atoms. The Morgan fingerprint density at radius 1 is 0.645 bits per heavy atom. The molecule has 0 amide bonds. The normalized spacial score (nSPS) is 24.2. The minimum atomic E-state index is -0.988. The molecule has 0 heterocycles. The van der Waals surface area contributed by atoms with Crippen molar-refractivity contribution in [3.8, 4) is 0 Å². The molecule has 31 heavy (non-hydrogen) atoms. The molecule has 2 rings (SSSR count). The van der Waals surface area contributed by atoms with Crippen LogP contribution >= 0.6 is 0 Å². The first-order valence-corrected chi connectivity index (χ1v) is 12.9. The smallest absolute Gasteiger partial charge is 0.112 e. The predicted molar refractivity (Wildman–Crippen MR) is 134 cm³/mol. The van der Waals surface area contributed by atoms with Crippen molar-refractivity contribution < 1.29 is 10.2 Å². The molecule has 0 aliphatic heterocycles. The maximum Gasteiger partial charge on any atom is 0.112 e. The summed E-state index contributed by atoms with van der Waals surface area (Å²) < 4.78 is 0. The topological polar surface area (TPSA) is 40.5 Å². The number of unbranched alkanes of at least 4 members (excludes halogenated alkanes) is 4. The van der Waals surface area contributed by atoms with Crippen LogP contribution in [0.15, 0.2) is 47.1 Å². The highest BCUT2D eigenvalue weighted by Gasteiger charge is 2.49. The lowest BCUT2D eigenvalue weighted by Gasteiger charge is -2.48. The molecule has 0 fully saturated rings. The Hall–Kier alpha value is -1.38. The van der Waals surface area contributed by atoms with Crippen molar-refractivity contribution in [2.75, 3.05) is 0 Å². The Labute approximate surface area is 191 Å². The van der Waals surface area contributed by atoms with Crippen LogP contribution < -0.4 is 0 Å². The molecule has 0 spiro atoms. The van der Waals surface area contributed by atoms with Crippen LogP contribution in [0.25, 0.3) is 5.57 Å². The van der Waals surface area contributed by atoms with Gasteiger partial charge in [0.25, 0.3) is 0 Å². The van der Waals surface area contributed by atoms with Crippen molar-refractivity contribution in [1.29, 1.82) is 0 Å². The second-order valence-corrected chi connectivity index (χ2v) is 9.46. The van der Waals surface area contributed by atoms with Gasteiger partial charge < -0.3 is 10.2 Å². The Morgan fingerprint density at radius 2 is 1.10 bits per heavy atom. The third-order valence-electron chi connectivity index (χ3n) is 7.18. The Bertz CT molecular complexity index is 745. The zero-order chi connectivity index (χ0) is 22.9. The molecule has 0 radical (unpaired) electrons. The van der Waals surface area contributed by atoms with Crippen molar-refractivity contribution >= 4 is 5.57 Å². The summed E-state index contributed by atoms with van der Waals surface area (Å²) >= 11 is 0. The zero-order valence-electron chi connectivity index (χ0n) is 20.8. The standard InChI is InChI=1S/C29H46O2/c1-6-10-19-25-26(20-11-7-2)29(31,22-13-9-4)27(24-17-15-14-16-18-24)23(5)28(25,30)21-12-8-3/h14-18,30-31H,6-13,19-22H2,1-5H3. The molecule has 1 aromatic rings. The van der Waals surface area contributed by atoms with E-state index in [1.165, 1.54) is 0 Å². The van der Waals surface area contributed by atoms with Gasteiger partial charge in [-0.1, -0.05) is 96.6 Å². The first-order chi connectivity index (χ1) is 14.9. The second kappa shape index (κ2) is 12.0. The first-order valence-electron chi connectivity index (χ1n) is 12.9. The summed E-state index contributed by atoms with van der Waals surface area (Å²) in [5.74, 6) is 0. The monoisotopic (exact) mass is 426 g/mol. The molecule has 2 nitrogen and oxygen atoms in total. The van der Waals surface area contributed by atoms with Crippen LogP contribution in [-0.2, 0) is 0 Å². The molecule has 1 aliphatic carbocycles. The van der Waals surface area contributed by atoms with Crippen molar-refractivity contribution in [3.63, 3.8) is 0 Å². The Balaban J connectivity index is 2.81. The van der Waals surface area contributed by atoms with Crippen LogP contribution in [0.2, 0.25) is 0 Å². The summed E-state index contributed by atoms with van der Waals surface area (Å²) in [5.41, 5.74) is 3.31. The minimum Gasteiger partial charge on any atom is -0.381 e. The fourth-order valence-electron chi connectivity index (χ4n) is 5.36. The van der Waals surface area contributed by atoms with Gasteiger partial charge in [-0.3, -0.25) is 0 Å². The third kappa shape index (κ3) is 5.52. The largest absolute Gasteiger partial charge is 0.381 e. The van der Waals surface area contributed by atoms with Gasteiger partial charge in [0.05, 0.1) is 0 Å². The predicted octanol–water partition coefficient (Wildman–Crippen LogP) is 7.99. The lowest BCUT2D eigenvalue weighted by Crippen LogP contribution is -2.47. The number of benzene rings is 1. The number of hydrogen-bond acceptors (Lipinski definition) is 2. The van der Waals surface area contributed by atoms with E-state index in [9.17, 15) is 10.2 Å². The molecular formula is C29H46O2. The van der Waals surface area contributed by atoms with Crippen LogP contribution in [-0.4, -0.2) is 21.4 Å². The van der Waals surface area contributed by atoms with Gasteiger partial charge in [0.15, 0.2) is 0 Å². The van der Waals surface area contributed by atoms with E-state index in [1.807, 2.05) is 18.2 Å². The quantitative estimate of drug-likeness (QED) is 0.314. The van der Waals surface area contributed by atoms with Gasteiger partial charge in [0, 0.05) is 0 Å². The van der Waals surface area contributed by atoms with E-state index in [4.69, 9.17) is 0 Å². The molecule has 2 heteroatoms. The first kappa shape index (κ1) is 25.9. The van der Waals surface area contributed by atoms with Crippen molar-refractivity contribution in [3.05, 3.63) is 52.6 Å². The van der Waals surface area contributed by atoms with Crippen molar-refractivity contribution in [2.45, 2.75) is 123 Å². The maximum absolute atomic E-state index is 12.5. The SMILES string of the molecule is CCCCC1=C(CCCC)C(O)(CCCC)C(c2ccccc2)=C(C)C1(O)CCCC. The van der Waals surface area contributed by atoms with Crippen molar-refractivity contribution in [1.82, 2.24) is 0 Å². The highest BCUT2D eigenvalue weighted by Crippen LogP contribution is 2.53. The van der Waals surface area contributed by atoms with E-state index in [1.54, 1.807) is 0 Å². The van der Waals surface area contributed by atoms with Crippen LogP contribution in [0.5, 0.6) is 0 Å². The van der Waals surface area contributed by atoms with Crippen LogP contribution in [0.1, 0.15) is 117 Å².